The molecular weight excluding hydrogens is 353 g/mol. The van der Waals surface area contributed by atoms with Gasteiger partial charge in [-0.05, 0) is 18.2 Å². The number of aromatic carboxylic acids is 1. The van der Waals surface area contributed by atoms with Crippen molar-refractivity contribution in [3.05, 3.63) is 53.3 Å². The molecule has 0 radical (unpaired) electrons. The minimum absolute atomic E-state index is 0. The van der Waals surface area contributed by atoms with Crippen LogP contribution in [0.5, 0.6) is 5.75 Å². The number of carboxylic acids is 1. The van der Waals surface area contributed by atoms with Crippen LogP contribution in [0.25, 0.3) is 10.9 Å². The number of para-hydroxylation sites is 1. The molecule has 0 amide bonds. The minimum atomic E-state index is -1.11. The number of benzene rings is 2. The van der Waals surface area contributed by atoms with Crippen molar-refractivity contribution < 1.29 is 14.6 Å². The first kappa shape index (κ1) is 17.8. The molecule has 0 unspecified atom stereocenters. The molecule has 0 aliphatic heterocycles. The number of ether oxygens (including phenoxy) is 1. The number of carbonyl (C=O) groups is 1. The van der Waals surface area contributed by atoms with Gasteiger partial charge >= 0.3 is 5.97 Å². The Hall–Kier alpha value is -2.57. The molecule has 124 valence electrons. The SMILES string of the molecule is COc1cc(Nc2ncnc3ccccc23)c(Cl)cc1C(=O)O.Cl. The summed E-state index contributed by atoms with van der Waals surface area (Å²) in [6.07, 6.45) is 1.45. The Bertz CT molecular complexity index is 898. The van der Waals surface area contributed by atoms with Crippen LogP contribution in [-0.2, 0) is 0 Å². The summed E-state index contributed by atoms with van der Waals surface area (Å²) in [4.78, 5) is 19.6. The number of aromatic nitrogens is 2. The van der Waals surface area contributed by atoms with Gasteiger partial charge in [0.2, 0.25) is 0 Å². The molecule has 8 heteroatoms. The molecular formula is C16H13Cl2N3O3. The Balaban J connectivity index is 0.00000208. The maximum absolute atomic E-state index is 11.2. The van der Waals surface area contributed by atoms with Gasteiger partial charge < -0.3 is 15.2 Å². The first-order chi connectivity index (χ1) is 11.1. The summed E-state index contributed by atoms with van der Waals surface area (Å²) in [5.41, 5.74) is 1.28. The quantitative estimate of drug-likeness (QED) is 0.722. The van der Waals surface area contributed by atoms with Crippen LogP contribution in [0.4, 0.5) is 11.5 Å². The van der Waals surface area contributed by atoms with E-state index in [4.69, 9.17) is 21.4 Å². The van der Waals surface area contributed by atoms with Crippen LogP contribution in [0.1, 0.15) is 10.4 Å². The van der Waals surface area contributed by atoms with Crippen molar-refractivity contribution in [2.45, 2.75) is 0 Å². The van der Waals surface area contributed by atoms with Crippen molar-refractivity contribution in [1.29, 1.82) is 0 Å². The number of fused-ring (bicyclic) bond motifs is 1. The highest BCUT2D eigenvalue weighted by Crippen LogP contribution is 2.33. The molecule has 1 aromatic heterocycles. The second-order valence-electron chi connectivity index (χ2n) is 4.70. The number of hydrogen-bond donors (Lipinski definition) is 2. The van der Waals surface area contributed by atoms with E-state index in [2.05, 4.69) is 15.3 Å². The second-order valence-corrected chi connectivity index (χ2v) is 5.11. The first-order valence-electron chi connectivity index (χ1n) is 6.67. The largest absolute Gasteiger partial charge is 0.496 e. The molecule has 0 aliphatic carbocycles. The van der Waals surface area contributed by atoms with Crippen LogP contribution >= 0.6 is 24.0 Å². The van der Waals surface area contributed by atoms with Crippen LogP contribution in [0.15, 0.2) is 42.7 Å². The second kappa shape index (κ2) is 7.33. The Kier molecular flexibility index (Phi) is 5.43. The zero-order valence-corrected chi connectivity index (χ0v) is 14.1. The monoisotopic (exact) mass is 365 g/mol. The van der Waals surface area contributed by atoms with Crippen LogP contribution in [0.3, 0.4) is 0 Å². The Morgan fingerprint density at radius 3 is 2.71 bits per heavy atom. The lowest BCUT2D eigenvalue weighted by Crippen LogP contribution is -2.03. The van der Waals surface area contributed by atoms with E-state index in [0.29, 0.717) is 11.5 Å². The van der Waals surface area contributed by atoms with E-state index < -0.39 is 5.97 Å². The third-order valence-corrected chi connectivity index (χ3v) is 3.63. The summed E-state index contributed by atoms with van der Waals surface area (Å²) in [6, 6.07) is 10.4. The van der Waals surface area contributed by atoms with Gasteiger partial charge in [-0.2, -0.15) is 0 Å². The fourth-order valence-corrected chi connectivity index (χ4v) is 2.43. The van der Waals surface area contributed by atoms with Gasteiger partial charge in [0.05, 0.1) is 23.3 Å². The van der Waals surface area contributed by atoms with Crippen LogP contribution in [0.2, 0.25) is 5.02 Å². The molecule has 3 rings (SSSR count). The van der Waals surface area contributed by atoms with E-state index in [1.807, 2.05) is 24.3 Å². The van der Waals surface area contributed by atoms with Gasteiger partial charge in [0, 0.05) is 11.5 Å². The van der Waals surface area contributed by atoms with E-state index in [1.54, 1.807) is 0 Å². The molecule has 0 aliphatic rings. The van der Waals surface area contributed by atoms with E-state index >= 15 is 0 Å². The summed E-state index contributed by atoms with van der Waals surface area (Å²) in [5.74, 6) is -0.326. The Labute approximate surface area is 148 Å². The molecule has 0 saturated carbocycles. The smallest absolute Gasteiger partial charge is 0.339 e. The number of nitrogens with one attached hydrogen (secondary N) is 1. The van der Waals surface area contributed by atoms with Crippen molar-refractivity contribution in [2.24, 2.45) is 0 Å². The number of halogens is 2. The summed E-state index contributed by atoms with van der Waals surface area (Å²) in [7, 11) is 1.40. The fraction of sp³-hybridized carbons (Fsp3) is 0.0625. The van der Waals surface area contributed by atoms with Crippen molar-refractivity contribution in [1.82, 2.24) is 9.97 Å². The van der Waals surface area contributed by atoms with E-state index in [9.17, 15) is 4.79 Å². The van der Waals surface area contributed by atoms with Gasteiger partial charge in [-0.1, -0.05) is 23.7 Å². The molecule has 2 N–H and O–H groups in total. The van der Waals surface area contributed by atoms with Gasteiger partial charge in [0.25, 0.3) is 0 Å². The number of hydrogen-bond acceptors (Lipinski definition) is 5. The van der Waals surface area contributed by atoms with E-state index in [0.717, 1.165) is 10.9 Å². The summed E-state index contributed by atoms with van der Waals surface area (Å²) < 4.78 is 5.12. The fourth-order valence-electron chi connectivity index (χ4n) is 2.22. The van der Waals surface area contributed by atoms with Crippen molar-refractivity contribution >= 4 is 52.4 Å². The predicted octanol–water partition coefficient (Wildman–Crippen LogP) is 4.16. The lowest BCUT2D eigenvalue weighted by atomic mass is 10.1. The van der Waals surface area contributed by atoms with Crippen molar-refractivity contribution in [3.8, 4) is 5.75 Å². The number of nitrogens with zero attached hydrogens (tertiary/aromatic N) is 2. The third kappa shape index (κ3) is 3.34. The van der Waals surface area contributed by atoms with Crippen molar-refractivity contribution in [3.63, 3.8) is 0 Å². The molecule has 6 nitrogen and oxygen atoms in total. The molecule has 0 bridgehead atoms. The first-order valence-corrected chi connectivity index (χ1v) is 7.05. The normalized spacial score (nSPS) is 10.1. The van der Waals surface area contributed by atoms with E-state index in [-0.39, 0.29) is 28.7 Å². The van der Waals surface area contributed by atoms with Crippen LogP contribution in [-0.4, -0.2) is 28.2 Å². The highest BCUT2D eigenvalue weighted by atomic mass is 35.5. The maximum Gasteiger partial charge on any atom is 0.339 e. The third-order valence-electron chi connectivity index (χ3n) is 3.32. The van der Waals surface area contributed by atoms with Crippen LogP contribution < -0.4 is 10.1 Å². The molecule has 0 atom stereocenters. The predicted molar refractivity (Wildman–Crippen MR) is 95.0 cm³/mol. The Morgan fingerprint density at radius 1 is 1.25 bits per heavy atom. The lowest BCUT2D eigenvalue weighted by Gasteiger charge is -2.13. The summed E-state index contributed by atoms with van der Waals surface area (Å²) in [6.45, 7) is 0. The average Bonchev–Trinajstić information content (AvgIpc) is 2.56. The average molecular weight is 366 g/mol. The van der Waals surface area contributed by atoms with E-state index in [1.165, 1.54) is 25.6 Å². The minimum Gasteiger partial charge on any atom is -0.496 e. The summed E-state index contributed by atoms with van der Waals surface area (Å²) in [5, 5.41) is 13.3. The van der Waals surface area contributed by atoms with Gasteiger partial charge in [-0.15, -0.1) is 12.4 Å². The molecule has 1 heterocycles. The van der Waals surface area contributed by atoms with Gasteiger partial charge in [-0.3, -0.25) is 0 Å². The number of methoxy groups -OCH3 is 1. The zero-order chi connectivity index (χ0) is 16.4. The number of anilines is 2. The van der Waals surface area contributed by atoms with Gasteiger partial charge in [-0.25, -0.2) is 14.8 Å². The summed E-state index contributed by atoms with van der Waals surface area (Å²) >= 11 is 6.18. The maximum atomic E-state index is 11.2. The van der Waals surface area contributed by atoms with Gasteiger partial charge in [0.15, 0.2) is 0 Å². The molecule has 0 spiro atoms. The number of carboxylic acid groups (broad SMARTS) is 1. The van der Waals surface area contributed by atoms with Crippen molar-refractivity contribution in [2.75, 3.05) is 12.4 Å². The lowest BCUT2D eigenvalue weighted by molar-refractivity contribution is 0.0693. The Morgan fingerprint density at radius 2 is 2.00 bits per heavy atom. The van der Waals surface area contributed by atoms with Crippen LogP contribution in [0, 0.1) is 0 Å². The molecule has 24 heavy (non-hydrogen) atoms. The highest BCUT2D eigenvalue weighted by Gasteiger charge is 2.16. The molecule has 2 aromatic carbocycles. The molecule has 0 fully saturated rings. The van der Waals surface area contributed by atoms with Gasteiger partial charge in [0.1, 0.15) is 23.5 Å². The number of rotatable bonds is 4. The molecule has 0 saturated heterocycles. The molecule has 3 aromatic rings. The zero-order valence-electron chi connectivity index (χ0n) is 12.5. The topological polar surface area (TPSA) is 84.3 Å². The highest BCUT2D eigenvalue weighted by molar-refractivity contribution is 6.33. The standard InChI is InChI=1S/C16H12ClN3O3.ClH/c1-23-14-7-13(11(17)6-10(14)16(21)22)20-15-9-4-2-3-5-12(9)18-8-19-15;/h2-8H,1H3,(H,21,22)(H,18,19,20);1H.